The maximum atomic E-state index is 11.6. The zero-order chi connectivity index (χ0) is 12.1. The fourth-order valence-corrected chi connectivity index (χ4v) is 1.85. The van der Waals surface area contributed by atoms with Gasteiger partial charge in [-0.2, -0.15) is 5.10 Å². The summed E-state index contributed by atoms with van der Waals surface area (Å²) >= 11 is 1.38. The Morgan fingerprint density at radius 1 is 1.35 bits per heavy atom. The largest absolute Gasteiger partial charge is 0.281 e. The maximum absolute atomic E-state index is 11.6. The zero-order valence-electron chi connectivity index (χ0n) is 9.25. The Hall–Kier alpha value is -2.01. The van der Waals surface area contributed by atoms with Gasteiger partial charge < -0.3 is 0 Å². The van der Waals surface area contributed by atoms with Crippen LogP contribution in [-0.4, -0.2) is 16.6 Å². The van der Waals surface area contributed by atoms with E-state index in [1.807, 2.05) is 29.6 Å². The average Bonchev–Trinajstić information content (AvgIpc) is 2.90. The third-order valence-corrected chi connectivity index (χ3v) is 2.97. The van der Waals surface area contributed by atoms with E-state index in [9.17, 15) is 4.79 Å². The van der Waals surface area contributed by atoms with Crippen LogP contribution in [0.2, 0.25) is 0 Å². The van der Waals surface area contributed by atoms with Crippen LogP contribution in [-0.2, 0) is 0 Å². The number of rotatable bonds is 3. The summed E-state index contributed by atoms with van der Waals surface area (Å²) in [6.45, 7) is 1.80. The van der Waals surface area contributed by atoms with E-state index in [2.05, 4.69) is 15.5 Å². The Kier molecular flexibility index (Phi) is 3.62. The lowest BCUT2D eigenvalue weighted by molar-refractivity contribution is 0.0959. The summed E-state index contributed by atoms with van der Waals surface area (Å²) in [6.07, 6.45) is 1.69. The Balaban J connectivity index is 2.04. The highest BCUT2D eigenvalue weighted by Gasteiger charge is 2.05. The standard InChI is InChI=1S/C12H11N3OS/c1-9(10-5-2-3-7-13-10)14-15-12(16)11-6-4-8-17-11/h2-8H,1H3,(H,15,16)/b14-9+. The molecule has 0 unspecified atom stereocenters. The second-order valence-electron chi connectivity index (χ2n) is 3.33. The van der Waals surface area contributed by atoms with Gasteiger partial charge in [0.15, 0.2) is 0 Å². The lowest BCUT2D eigenvalue weighted by atomic mass is 10.3. The molecule has 5 heteroatoms. The molecule has 0 aromatic carbocycles. The van der Waals surface area contributed by atoms with Crippen LogP contribution >= 0.6 is 11.3 Å². The Labute approximate surface area is 103 Å². The Bertz CT molecular complexity index is 520. The molecular formula is C12H11N3OS. The minimum absolute atomic E-state index is 0.199. The van der Waals surface area contributed by atoms with Crippen LogP contribution in [0.15, 0.2) is 47.0 Å². The summed E-state index contributed by atoms with van der Waals surface area (Å²) in [5.41, 5.74) is 3.93. The normalized spacial score (nSPS) is 11.2. The molecule has 0 aliphatic carbocycles. The first kappa shape index (κ1) is 11.5. The molecule has 1 N–H and O–H groups in total. The minimum Gasteiger partial charge on any atom is -0.266 e. The molecule has 4 nitrogen and oxygen atoms in total. The van der Waals surface area contributed by atoms with Gasteiger partial charge in [-0.15, -0.1) is 11.3 Å². The van der Waals surface area contributed by atoms with E-state index < -0.39 is 0 Å². The number of carbonyl (C=O) groups excluding carboxylic acids is 1. The summed E-state index contributed by atoms with van der Waals surface area (Å²) in [7, 11) is 0. The third kappa shape index (κ3) is 2.98. The van der Waals surface area contributed by atoms with E-state index in [0.717, 1.165) is 5.69 Å². The predicted octanol–water partition coefficient (Wildman–Crippen LogP) is 2.30. The number of nitrogens with one attached hydrogen (secondary N) is 1. The molecule has 0 radical (unpaired) electrons. The summed E-state index contributed by atoms with van der Waals surface area (Å²) < 4.78 is 0. The van der Waals surface area contributed by atoms with Crippen molar-refractivity contribution in [3.63, 3.8) is 0 Å². The Morgan fingerprint density at radius 3 is 2.88 bits per heavy atom. The molecule has 0 saturated carbocycles. The molecule has 2 aromatic heterocycles. The monoisotopic (exact) mass is 245 g/mol. The first-order chi connectivity index (χ1) is 8.27. The SMILES string of the molecule is C/C(=N\NC(=O)c1cccs1)c1ccccn1. The number of amides is 1. The van der Waals surface area contributed by atoms with Crippen LogP contribution in [0.25, 0.3) is 0 Å². The average molecular weight is 245 g/mol. The van der Waals surface area contributed by atoms with Crippen LogP contribution in [0, 0.1) is 0 Å². The summed E-state index contributed by atoms with van der Waals surface area (Å²) in [4.78, 5) is 16.4. The van der Waals surface area contributed by atoms with Crippen LogP contribution in [0.4, 0.5) is 0 Å². The van der Waals surface area contributed by atoms with Crippen LogP contribution in [0.3, 0.4) is 0 Å². The third-order valence-electron chi connectivity index (χ3n) is 2.11. The molecule has 0 spiro atoms. The number of hydrogen-bond donors (Lipinski definition) is 1. The van der Waals surface area contributed by atoms with Gasteiger partial charge in [0.2, 0.25) is 0 Å². The molecule has 2 rings (SSSR count). The molecule has 2 aromatic rings. The predicted molar refractivity (Wildman–Crippen MR) is 68.2 cm³/mol. The molecule has 0 aliphatic heterocycles. The van der Waals surface area contributed by atoms with E-state index in [1.54, 1.807) is 19.2 Å². The zero-order valence-corrected chi connectivity index (χ0v) is 10.1. The van der Waals surface area contributed by atoms with E-state index >= 15 is 0 Å². The van der Waals surface area contributed by atoms with E-state index in [0.29, 0.717) is 10.6 Å². The van der Waals surface area contributed by atoms with E-state index in [4.69, 9.17) is 0 Å². The second-order valence-corrected chi connectivity index (χ2v) is 4.28. The van der Waals surface area contributed by atoms with Crippen molar-refractivity contribution >= 4 is 23.0 Å². The minimum atomic E-state index is -0.199. The molecule has 2 heterocycles. The van der Waals surface area contributed by atoms with Crippen molar-refractivity contribution < 1.29 is 4.79 Å². The molecule has 86 valence electrons. The lowest BCUT2D eigenvalue weighted by Gasteiger charge is -2.00. The van der Waals surface area contributed by atoms with Crippen molar-refractivity contribution in [1.82, 2.24) is 10.4 Å². The number of hydrogen-bond acceptors (Lipinski definition) is 4. The molecule has 0 saturated heterocycles. The van der Waals surface area contributed by atoms with Crippen LogP contribution in [0.1, 0.15) is 22.3 Å². The molecule has 0 bridgehead atoms. The van der Waals surface area contributed by atoms with Gasteiger partial charge in [0.1, 0.15) is 0 Å². The smallest absolute Gasteiger partial charge is 0.266 e. The molecule has 0 atom stereocenters. The van der Waals surface area contributed by atoms with Gasteiger partial charge in [-0.25, -0.2) is 5.43 Å². The van der Waals surface area contributed by atoms with E-state index in [1.165, 1.54) is 11.3 Å². The highest BCUT2D eigenvalue weighted by molar-refractivity contribution is 7.12. The topological polar surface area (TPSA) is 54.4 Å². The number of pyridine rings is 1. The number of thiophene rings is 1. The number of nitrogens with zero attached hydrogens (tertiary/aromatic N) is 2. The Morgan fingerprint density at radius 2 is 2.24 bits per heavy atom. The van der Waals surface area contributed by atoms with Crippen molar-refractivity contribution in [2.45, 2.75) is 6.92 Å². The first-order valence-corrected chi connectivity index (χ1v) is 5.95. The quantitative estimate of drug-likeness (QED) is 0.666. The van der Waals surface area contributed by atoms with Crippen molar-refractivity contribution in [1.29, 1.82) is 0 Å². The van der Waals surface area contributed by atoms with Gasteiger partial charge in [-0.05, 0) is 30.5 Å². The number of aromatic nitrogens is 1. The molecule has 17 heavy (non-hydrogen) atoms. The van der Waals surface area contributed by atoms with Gasteiger partial charge in [0.05, 0.1) is 16.3 Å². The fraction of sp³-hybridized carbons (Fsp3) is 0.0833. The van der Waals surface area contributed by atoms with Crippen molar-refractivity contribution in [3.05, 3.63) is 52.5 Å². The van der Waals surface area contributed by atoms with Crippen molar-refractivity contribution in [3.8, 4) is 0 Å². The number of hydrazone groups is 1. The van der Waals surface area contributed by atoms with E-state index in [-0.39, 0.29) is 5.91 Å². The highest BCUT2D eigenvalue weighted by atomic mass is 32.1. The van der Waals surface area contributed by atoms with Crippen LogP contribution < -0.4 is 5.43 Å². The fourth-order valence-electron chi connectivity index (χ4n) is 1.23. The molecule has 1 amide bonds. The lowest BCUT2D eigenvalue weighted by Crippen LogP contribution is -2.18. The highest BCUT2D eigenvalue weighted by Crippen LogP contribution is 2.07. The van der Waals surface area contributed by atoms with Crippen molar-refractivity contribution in [2.24, 2.45) is 5.10 Å². The van der Waals surface area contributed by atoms with Gasteiger partial charge >= 0.3 is 0 Å². The summed E-state index contributed by atoms with van der Waals surface area (Å²) in [5.74, 6) is -0.199. The van der Waals surface area contributed by atoms with Gasteiger partial charge in [-0.3, -0.25) is 9.78 Å². The van der Waals surface area contributed by atoms with Gasteiger partial charge in [0.25, 0.3) is 5.91 Å². The first-order valence-electron chi connectivity index (χ1n) is 5.07. The summed E-state index contributed by atoms with van der Waals surface area (Å²) in [6, 6.07) is 9.14. The maximum Gasteiger partial charge on any atom is 0.281 e. The second kappa shape index (κ2) is 5.36. The summed E-state index contributed by atoms with van der Waals surface area (Å²) in [5, 5.41) is 5.86. The van der Waals surface area contributed by atoms with Gasteiger partial charge in [0, 0.05) is 6.20 Å². The molecule has 0 fully saturated rings. The van der Waals surface area contributed by atoms with Crippen molar-refractivity contribution in [2.75, 3.05) is 0 Å². The molecule has 0 aliphatic rings. The number of carbonyl (C=O) groups is 1. The van der Waals surface area contributed by atoms with Crippen LogP contribution in [0.5, 0.6) is 0 Å². The van der Waals surface area contributed by atoms with Gasteiger partial charge in [-0.1, -0.05) is 12.1 Å². The molecular weight excluding hydrogens is 234 g/mol.